The number of fused-ring (bicyclic) bond motifs is 11. The first-order chi connectivity index (χ1) is 14.8. The van der Waals surface area contributed by atoms with Crippen molar-refractivity contribution in [2.24, 2.45) is 0 Å². The van der Waals surface area contributed by atoms with Crippen LogP contribution in [0.25, 0.3) is 54.5 Å². The first-order valence-corrected chi connectivity index (χ1v) is 10.8. The molecule has 0 amide bonds. The average molecular weight is 383 g/mol. The second kappa shape index (κ2) is 5.73. The van der Waals surface area contributed by atoms with Crippen LogP contribution in [0.4, 0.5) is 0 Å². The molecule has 1 heteroatoms. The van der Waals surface area contributed by atoms with Gasteiger partial charge in [0.05, 0.1) is 5.52 Å². The van der Waals surface area contributed by atoms with E-state index in [9.17, 15) is 0 Å². The highest BCUT2D eigenvalue weighted by molar-refractivity contribution is 6.26. The third kappa shape index (κ3) is 1.92. The second-order valence-corrected chi connectivity index (χ2v) is 8.42. The molecule has 0 aliphatic heterocycles. The molecule has 5 aromatic carbocycles. The van der Waals surface area contributed by atoms with Crippen LogP contribution in [0, 0.1) is 0 Å². The zero-order chi connectivity index (χ0) is 19.8. The summed E-state index contributed by atoms with van der Waals surface area (Å²) in [6.45, 7) is 3.25. The largest absolute Gasteiger partial charge is 0.340 e. The van der Waals surface area contributed by atoms with Crippen molar-refractivity contribution in [2.45, 2.75) is 19.9 Å². The van der Waals surface area contributed by atoms with Crippen LogP contribution >= 0.6 is 0 Å². The van der Waals surface area contributed by atoms with E-state index in [0.29, 0.717) is 0 Å². The van der Waals surface area contributed by atoms with E-state index >= 15 is 0 Å². The summed E-state index contributed by atoms with van der Waals surface area (Å²) in [5.74, 6) is 0. The molecular weight excluding hydrogens is 362 g/mol. The van der Waals surface area contributed by atoms with E-state index in [1.807, 2.05) is 0 Å². The van der Waals surface area contributed by atoms with Gasteiger partial charge in [0.1, 0.15) is 0 Å². The van der Waals surface area contributed by atoms with E-state index in [1.165, 1.54) is 65.6 Å². The van der Waals surface area contributed by atoms with Crippen molar-refractivity contribution in [3.63, 3.8) is 0 Å². The Kier molecular flexibility index (Phi) is 3.10. The average Bonchev–Trinajstić information content (AvgIpc) is 3.33. The lowest BCUT2D eigenvalue weighted by atomic mass is 9.93. The molecule has 1 aliphatic carbocycles. The van der Waals surface area contributed by atoms with E-state index < -0.39 is 0 Å². The van der Waals surface area contributed by atoms with Gasteiger partial charge in [0.2, 0.25) is 0 Å². The zero-order valence-electron chi connectivity index (χ0n) is 16.9. The third-order valence-corrected chi connectivity index (χ3v) is 6.95. The minimum atomic E-state index is 0.979. The van der Waals surface area contributed by atoms with Gasteiger partial charge in [0.15, 0.2) is 0 Å². The maximum atomic E-state index is 2.53. The lowest BCUT2D eigenvalue weighted by molar-refractivity contribution is 0.824. The molecule has 1 aromatic heterocycles. The third-order valence-electron chi connectivity index (χ3n) is 6.95. The summed E-state index contributed by atoms with van der Waals surface area (Å²) in [4.78, 5) is 0. The maximum absolute atomic E-state index is 2.53. The molecule has 142 valence electrons. The zero-order valence-corrected chi connectivity index (χ0v) is 16.9. The van der Waals surface area contributed by atoms with Crippen molar-refractivity contribution in [3.8, 4) is 11.1 Å². The SMILES string of the molecule is CCn1c2ccccc2c2c3ccccc3c3c(c21)Cc1cc2ccccc2cc1-3. The van der Waals surface area contributed by atoms with E-state index in [-0.39, 0.29) is 0 Å². The van der Waals surface area contributed by atoms with Crippen molar-refractivity contribution >= 4 is 43.4 Å². The van der Waals surface area contributed by atoms with Gasteiger partial charge < -0.3 is 4.57 Å². The van der Waals surface area contributed by atoms with Gasteiger partial charge >= 0.3 is 0 Å². The van der Waals surface area contributed by atoms with Gasteiger partial charge in [-0.2, -0.15) is 0 Å². The molecule has 0 unspecified atom stereocenters. The van der Waals surface area contributed by atoms with Crippen LogP contribution in [0.5, 0.6) is 0 Å². The molecule has 6 aromatic rings. The molecule has 1 aliphatic rings. The van der Waals surface area contributed by atoms with Crippen LogP contribution in [0.3, 0.4) is 0 Å². The standard InChI is InChI=1S/C29H21N/c1-2-30-26-14-8-7-13-23(26)28-22-12-6-5-11-21(22)27-24-16-19-10-4-3-9-18(19)15-20(24)17-25(27)29(28)30/h3-16H,2,17H2,1H3. The van der Waals surface area contributed by atoms with Crippen LogP contribution in [0.2, 0.25) is 0 Å². The predicted octanol–water partition coefficient (Wildman–Crippen LogP) is 7.69. The summed E-state index contributed by atoms with van der Waals surface area (Å²) < 4.78 is 2.53. The Morgan fingerprint density at radius 3 is 2.20 bits per heavy atom. The van der Waals surface area contributed by atoms with Crippen LogP contribution in [-0.4, -0.2) is 4.57 Å². The second-order valence-electron chi connectivity index (χ2n) is 8.42. The maximum Gasteiger partial charge on any atom is 0.0540 e. The highest BCUT2D eigenvalue weighted by Crippen LogP contribution is 2.49. The lowest BCUT2D eigenvalue weighted by Gasteiger charge is -2.12. The van der Waals surface area contributed by atoms with Crippen LogP contribution in [-0.2, 0) is 13.0 Å². The Morgan fingerprint density at radius 1 is 0.733 bits per heavy atom. The number of hydrogen-bond acceptors (Lipinski definition) is 0. The Balaban J connectivity index is 1.74. The number of aryl methyl sites for hydroxylation is 1. The Hall–Kier alpha value is -3.58. The highest BCUT2D eigenvalue weighted by Gasteiger charge is 2.27. The van der Waals surface area contributed by atoms with Crippen molar-refractivity contribution in [1.29, 1.82) is 0 Å². The Morgan fingerprint density at radius 2 is 1.40 bits per heavy atom. The van der Waals surface area contributed by atoms with Crippen LogP contribution < -0.4 is 0 Å². The molecule has 7 rings (SSSR count). The molecule has 30 heavy (non-hydrogen) atoms. The normalized spacial score (nSPS) is 12.8. The predicted molar refractivity (Wildman–Crippen MR) is 128 cm³/mol. The van der Waals surface area contributed by atoms with Gasteiger partial charge in [0.25, 0.3) is 0 Å². The van der Waals surface area contributed by atoms with E-state index in [1.54, 1.807) is 0 Å². The quantitative estimate of drug-likeness (QED) is 0.274. The minimum Gasteiger partial charge on any atom is -0.340 e. The summed E-state index contributed by atoms with van der Waals surface area (Å²) in [6.07, 6.45) is 1.01. The molecule has 0 N–H and O–H groups in total. The molecule has 0 atom stereocenters. The molecule has 0 saturated carbocycles. The van der Waals surface area contributed by atoms with Crippen molar-refractivity contribution < 1.29 is 0 Å². The van der Waals surface area contributed by atoms with Gasteiger partial charge in [-0.3, -0.25) is 0 Å². The summed E-state index contributed by atoms with van der Waals surface area (Å²) in [5.41, 5.74) is 8.56. The van der Waals surface area contributed by atoms with Gasteiger partial charge in [-0.25, -0.2) is 0 Å². The Bertz CT molecular complexity index is 1650. The first kappa shape index (κ1) is 16.2. The van der Waals surface area contributed by atoms with E-state index in [4.69, 9.17) is 0 Å². The topological polar surface area (TPSA) is 4.93 Å². The molecular formula is C29H21N. The molecule has 1 nitrogen and oxygen atoms in total. The number of rotatable bonds is 1. The molecule has 0 bridgehead atoms. The summed E-state index contributed by atoms with van der Waals surface area (Å²) in [6, 6.07) is 31.5. The lowest BCUT2D eigenvalue weighted by Crippen LogP contribution is -1.97. The number of nitrogens with zero attached hydrogens (tertiary/aromatic N) is 1. The number of aromatic nitrogens is 1. The fourth-order valence-corrected chi connectivity index (χ4v) is 5.76. The number of benzene rings is 5. The Labute approximate surface area is 175 Å². The van der Waals surface area contributed by atoms with Crippen molar-refractivity contribution in [3.05, 3.63) is 96.1 Å². The van der Waals surface area contributed by atoms with Crippen LogP contribution in [0.1, 0.15) is 18.1 Å². The molecule has 0 spiro atoms. The van der Waals surface area contributed by atoms with Gasteiger partial charge in [0, 0.05) is 29.3 Å². The van der Waals surface area contributed by atoms with Crippen molar-refractivity contribution in [1.82, 2.24) is 4.57 Å². The van der Waals surface area contributed by atoms with Crippen molar-refractivity contribution in [2.75, 3.05) is 0 Å². The smallest absolute Gasteiger partial charge is 0.0540 e. The van der Waals surface area contributed by atoms with E-state index in [0.717, 1.165) is 13.0 Å². The van der Waals surface area contributed by atoms with Gasteiger partial charge in [-0.1, -0.05) is 72.8 Å². The summed E-state index contributed by atoms with van der Waals surface area (Å²) >= 11 is 0. The van der Waals surface area contributed by atoms with Gasteiger partial charge in [-0.15, -0.1) is 0 Å². The highest BCUT2D eigenvalue weighted by atomic mass is 15.0. The molecule has 0 radical (unpaired) electrons. The number of para-hydroxylation sites is 1. The molecule has 1 heterocycles. The number of hydrogen-bond donors (Lipinski definition) is 0. The van der Waals surface area contributed by atoms with E-state index in [2.05, 4.69) is 96.4 Å². The summed E-state index contributed by atoms with van der Waals surface area (Å²) in [5, 5.41) is 8.20. The summed E-state index contributed by atoms with van der Waals surface area (Å²) in [7, 11) is 0. The monoisotopic (exact) mass is 383 g/mol. The van der Waals surface area contributed by atoms with Gasteiger partial charge in [-0.05, 0) is 62.9 Å². The minimum absolute atomic E-state index is 0.979. The first-order valence-electron chi connectivity index (χ1n) is 10.8. The fourth-order valence-electron chi connectivity index (χ4n) is 5.76. The van der Waals surface area contributed by atoms with Crippen LogP contribution in [0.15, 0.2) is 84.9 Å². The fraction of sp³-hybridized carbons (Fsp3) is 0.103. The molecule has 0 fully saturated rings. The molecule has 0 saturated heterocycles.